The molecule has 1 aliphatic heterocycles. The molecule has 0 unspecified atom stereocenters. The highest BCUT2D eigenvalue weighted by molar-refractivity contribution is 7.92. The number of sulfone groups is 1. The van der Waals surface area contributed by atoms with E-state index in [1.165, 1.54) is 19.2 Å². The summed E-state index contributed by atoms with van der Waals surface area (Å²) < 4.78 is 36.9. The normalized spacial score (nSPS) is 22.4. The Morgan fingerprint density at radius 3 is 2.28 bits per heavy atom. The minimum atomic E-state index is -3.88. The van der Waals surface area contributed by atoms with E-state index < -0.39 is 44.7 Å². The van der Waals surface area contributed by atoms with Crippen molar-refractivity contribution in [3.05, 3.63) is 29.8 Å². The van der Waals surface area contributed by atoms with E-state index in [4.69, 9.17) is 9.47 Å². The van der Waals surface area contributed by atoms with Gasteiger partial charge in [-0.25, -0.2) is 18.0 Å². The number of nitrogens with zero attached hydrogens (tertiary/aromatic N) is 1. The average Bonchev–Trinajstić information content (AvgIpc) is 3.00. The Morgan fingerprint density at radius 2 is 1.79 bits per heavy atom. The van der Waals surface area contributed by atoms with Gasteiger partial charge in [0.2, 0.25) is 0 Å². The lowest BCUT2D eigenvalue weighted by Gasteiger charge is -2.28. The lowest BCUT2D eigenvalue weighted by atomic mass is 9.96. The summed E-state index contributed by atoms with van der Waals surface area (Å²) in [6, 6.07) is 5.22. The second kappa shape index (κ2) is 8.71. The third-order valence-electron chi connectivity index (χ3n) is 4.88. The van der Waals surface area contributed by atoms with Crippen LogP contribution >= 0.6 is 0 Å². The summed E-state index contributed by atoms with van der Waals surface area (Å²) in [7, 11) is -2.71. The van der Waals surface area contributed by atoms with Gasteiger partial charge in [-0.15, -0.1) is 0 Å². The number of methoxy groups -OCH3 is 1. The van der Waals surface area contributed by atoms with Crippen LogP contribution in [-0.4, -0.2) is 67.6 Å². The number of carbonyl (C=O) groups excluding carboxylic acids is 2. The maximum absolute atomic E-state index is 13.3. The number of aliphatic hydroxyl groups is 1. The zero-order valence-electron chi connectivity index (χ0n) is 17.4. The van der Waals surface area contributed by atoms with Crippen molar-refractivity contribution < 1.29 is 32.6 Å². The summed E-state index contributed by atoms with van der Waals surface area (Å²) in [5, 5.41) is 8.44. The van der Waals surface area contributed by atoms with Crippen LogP contribution in [0.5, 0.6) is 0 Å². The monoisotopic (exact) mass is 427 g/mol. The highest BCUT2D eigenvalue weighted by Gasteiger charge is 2.54. The molecular weight excluding hydrogens is 398 g/mol. The molecule has 1 aliphatic rings. The van der Waals surface area contributed by atoms with Gasteiger partial charge >= 0.3 is 12.1 Å². The molecule has 2 rings (SSSR count). The number of esters is 1. The van der Waals surface area contributed by atoms with Crippen molar-refractivity contribution >= 4 is 21.9 Å². The first kappa shape index (κ1) is 23.2. The van der Waals surface area contributed by atoms with Gasteiger partial charge in [0.15, 0.2) is 9.84 Å². The summed E-state index contributed by atoms with van der Waals surface area (Å²) in [6.07, 6.45) is -0.771. The molecule has 1 aromatic rings. The average molecular weight is 428 g/mol. The molecule has 9 heteroatoms. The number of rotatable bonds is 5. The molecule has 1 fully saturated rings. The third-order valence-corrected chi connectivity index (χ3v) is 7.10. The van der Waals surface area contributed by atoms with E-state index in [1.807, 2.05) is 6.92 Å². The molecule has 1 N–H and O–H groups in total. The molecule has 29 heavy (non-hydrogen) atoms. The minimum Gasteiger partial charge on any atom is -0.467 e. The molecule has 0 aliphatic carbocycles. The Bertz CT molecular complexity index is 843. The van der Waals surface area contributed by atoms with E-state index >= 15 is 0 Å². The molecule has 0 saturated carbocycles. The van der Waals surface area contributed by atoms with E-state index in [0.717, 1.165) is 10.5 Å². The van der Waals surface area contributed by atoms with Gasteiger partial charge < -0.3 is 14.6 Å². The molecule has 3 atom stereocenters. The van der Waals surface area contributed by atoms with Crippen LogP contribution in [0.15, 0.2) is 29.2 Å². The Labute approximate surface area is 171 Å². The molecule has 162 valence electrons. The Morgan fingerprint density at radius 1 is 1.21 bits per heavy atom. The summed E-state index contributed by atoms with van der Waals surface area (Å²) in [5.74, 6) is -1.57. The van der Waals surface area contributed by atoms with E-state index in [1.54, 1.807) is 32.9 Å². The number of likely N-dealkylation sites (tertiary alicyclic amines) is 1. The fourth-order valence-electron chi connectivity index (χ4n) is 3.53. The number of benzene rings is 1. The molecule has 1 saturated heterocycles. The quantitative estimate of drug-likeness (QED) is 0.715. The molecule has 0 spiro atoms. The topological polar surface area (TPSA) is 110 Å². The first-order chi connectivity index (χ1) is 13.4. The number of carbonyl (C=O) groups is 2. The number of aliphatic hydroxyl groups excluding tert-OH is 1. The molecular formula is C20H29NO7S. The maximum atomic E-state index is 13.3. The van der Waals surface area contributed by atoms with Gasteiger partial charge in [0.05, 0.1) is 17.3 Å². The van der Waals surface area contributed by atoms with Crippen LogP contribution in [-0.2, 0) is 24.1 Å². The predicted molar refractivity (Wildman–Crippen MR) is 106 cm³/mol. The number of hydrogen-bond donors (Lipinski definition) is 1. The number of aryl methyl sites for hydroxylation is 1. The fourth-order valence-corrected chi connectivity index (χ4v) is 5.50. The highest BCUT2D eigenvalue weighted by atomic mass is 32.2. The summed E-state index contributed by atoms with van der Waals surface area (Å²) in [6.45, 7) is 6.33. The number of hydrogen-bond acceptors (Lipinski definition) is 7. The second-order valence-electron chi connectivity index (χ2n) is 8.17. The van der Waals surface area contributed by atoms with Gasteiger partial charge in [0, 0.05) is 19.1 Å². The van der Waals surface area contributed by atoms with Gasteiger partial charge in [0.25, 0.3) is 0 Å². The van der Waals surface area contributed by atoms with Gasteiger partial charge in [-0.2, -0.15) is 0 Å². The number of amides is 1. The zero-order chi connectivity index (χ0) is 22.0. The van der Waals surface area contributed by atoms with Crippen LogP contribution in [0.3, 0.4) is 0 Å². The van der Waals surface area contributed by atoms with Crippen molar-refractivity contribution in [2.75, 3.05) is 20.3 Å². The predicted octanol–water partition coefficient (Wildman–Crippen LogP) is 1.93. The molecule has 0 radical (unpaired) electrons. The van der Waals surface area contributed by atoms with Crippen molar-refractivity contribution in [3.8, 4) is 0 Å². The van der Waals surface area contributed by atoms with Crippen LogP contribution in [0.25, 0.3) is 0 Å². The van der Waals surface area contributed by atoms with E-state index in [9.17, 15) is 23.1 Å². The third kappa shape index (κ3) is 5.08. The van der Waals surface area contributed by atoms with Gasteiger partial charge in [-0.05, 0) is 46.2 Å². The van der Waals surface area contributed by atoms with Crippen LogP contribution in [0.4, 0.5) is 4.79 Å². The molecule has 1 aromatic carbocycles. The Kier molecular flexibility index (Phi) is 6.95. The van der Waals surface area contributed by atoms with Crippen LogP contribution < -0.4 is 0 Å². The molecule has 0 bridgehead atoms. The fraction of sp³-hybridized carbons (Fsp3) is 0.600. The van der Waals surface area contributed by atoms with Crippen LogP contribution in [0.2, 0.25) is 0 Å². The first-order valence-corrected chi connectivity index (χ1v) is 11.0. The summed E-state index contributed by atoms with van der Waals surface area (Å²) in [4.78, 5) is 26.4. The zero-order valence-corrected chi connectivity index (χ0v) is 18.2. The van der Waals surface area contributed by atoms with Crippen molar-refractivity contribution in [3.63, 3.8) is 0 Å². The standard InChI is InChI=1S/C20H29NO7S/c1-13-6-8-14(9-7-13)29(25,26)16-12-21(19(24)28-20(2,3)4)17(18(23)27-5)15(16)10-11-22/h6-9,15-17,22H,10-12H2,1-5H3/t15-,16-,17-/m0/s1. The first-order valence-electron chi connectivity index (χ1n) is 9.41. The Balaban J connectivity index is 2.49. The number of ether oxygens (including phenoxy) is 2. The molecule has 8 nitrogen and oxygen atoms in total. The summed E-state index contributed by atoms with van der Waals surface area (Å²) >= 11 is 0. The van der Waals surface area contributed by atoms with Crippen LogP contribution in [0.1, 0.15) is 32.8 Å². The minimum absolute atomic E-state index is 0.0226. The SMILES string of the molecule is COC(=O)[C@@H]1[C@@H](CCO)[C@@H](S(=O)(=O)c2ccc(C)cc2)CN1C(=O)OC(C)(C)C. The molecule has 1 amide bonds. The Hall–Kier alpha value is -2.13. The van der Waals surface area contributed by atoms with Gasteiger partial charge in [-0.1, -0.05) is 17.7 Å². The van der Waals surface area contributed by atoms with Crippen molar-refractivity contribution in [2.45, 2.75) is 55.9 Å². The lowest BCUT2D eigenvalue weighted by molar-refractivity contribution is -0.147. The van der Waals surface area contributed by atoms with E-state index in [0.29, 0.717) is 0 Å². The van der Waals surface area contributed by atoms with Crippen molar-refractivity contribution in [1.82, 2.24) is 4.90 Å². The largest absolute Gasteiger partial charge is 0.467 e. The van der Waals surface area contributed by atoms with E-state index in [-0.39, 0.29) is 24.5 Å². The molecule has 1 heterocycles. The van der Waals surface area contributed by atoms with Gasteiger partial charge in [-0.3, -0.25) is 4.90 Å². The van der Waals surface area contributed by atoms with Crippen molar-refractivity contribution in [1.29, 1.82) is 0 Å². The van der Waals surface area contributed by atoms with E-state index in [2.05, 4.69) is 0 Å². The second-order valence-corrected chi connectivity index (χ2v) is 10.3. The summed E-state index contributed by atoms with van der Waals surface area (Å²) in [5.41, 5.74) is 0.0862. The highest BCUT2D eigenvalue weighted by Crippen LogP contribution is 2.36. The molecule has 0 aromatic heterocycles. The van der Waals surface area contributed by atoms with Gasteiger partial charge in [0.1, 0.15) is 11.6 Å². The lowest BCUT2D eigenvalue weighted by Crippen LogP contribution is -2.46. The van der Waals surface area contributed by atoms with Crippen LogP contribution in [0, 0.1) is 12.8 Å². The maximum Gasteiger partial charge on any atom is 0.411 e. The van der Waals surface area contributed by atoms with Crippen molar-refractivity contribution in [2.24, 2.45) is 5.92 Å². The smallest absolute Gasteiger partial charge is 0.411 e.